The van der Waals surface area contributed by atoms with Crippen LogP contribution in [0.1, 0.15) is 62.3 Å². The van der Waals surface area contributed by atoms with Crippen LogP contribution in [-0.2, 0) is 17.8 Å². The summed E-state index contributed by atoms with van der Waals surface area (Å²) in [5.41, 5.74) is 3.27. The number of rotatable bonds is 10. The molecule has 2 fully saturated rings. The zero-order valence-electron chi connectivity index (χ0n) is 21.3. The minimum absolute atomic E-state index is 0.144. The lowest BCUT2D eigenvalue weighted by Crippen LogP contribution is -2.37. The van der Waals surface area contributed by atoms with Gasteiger partial charge in [0, 0.05) is 31.5 Å². The molecule has 3 aromatic rings. The smallest absolute Gasteiger partial charge is 0.223 e. The third-order valence-corrected chi connectivity index (χ3v) is 7.61. The van der Waals surface area contributed by atoms with Gasteiger partial charge in [0.15, 0.2) is 11.5 Å². The number of hydrogen-bond donors (Lipinski definition) is 0. The Morgan fingerprint density at radius 3 is 2.75 bits per heavy atom. The first-order valence-corrected chi connectivity index (χ1v) is 13.3. The lowest BCUT2D eigenvalue weighted by molar-refractivity contribution is -0.130. The molecule has 2 heterocycles. The Morgan fingerprint density at radius 2 is 1.94 bits per heavy atom. The van der Waals surface area contributed by atoms with E-state index in [2.05, 4.69) is 40.3 Å². The van der Waals surface area contributed by atoms with Crippen molar-refractivity contribution in [3.05, 3.63) is 66.5 Å². The molecule has 2 aliphatic rings. The second-order valence-corrected chi connectivity index (χ2v) is 10.0. The van der Waals surface area contributed by atoms with Crippen molar-refractivity contribution >= 4 is 16.9 Å². The summed E-state index contributed by atoms with van der Waals surface area (Å²) in [7, 11) is 1.67. The first-order chi connectivity index (χ1) is 17.7. The van der Waals surface area contributed by atoms with Crippen LogP contribution in [-0.4, -0.2) is 46.7 Å². The molecule has 1 aromatic heterocycles. The number of nitrogens with zero attached hydrogens (tertiary/aromatic N) is 3. The summed E-state index contributed by atoms with van der Waals surface area (Å²) in [5, 5.41) is 0. The summed E-state index contributed by atoms with van der Waals surface area (Å²) in [6.45, 7) is 5.96. The molecule has 36 heavy (non-hydrogen) atoms. The van der Waals surface area contributed by atoms with Crippen LogP contribution < -0.4 is 9.47 Å². The number of likely N-dealkylation sites (tertiary alicyclic amines) is 1. The Balaban J connectivity index is 1.28. The van der Waals surface area contributed by atoms with Gasteiger partial charge in [0.05, 0.1) is 24.8 Å². The highest BCUT2D eigenvalue weighted by Gasteiger charge is 2.37. The number of amides is 1. The summed E-state index contributed by atoms with van der Waals surface area (Å²) in [5.74, 6) is 2.97. The summed E-state index contributed by atoms with van der Waals surface area (Å²) < 4.78 is 14.0. The lowest BCUT2D eigenvalue weighted by atomic mass is 9.94. The molecule has 0 radical (unpaired) electrons. The van der Waals surface area contributed by atoms with Crippen molar-refractivity contribution in [1.82, 2.24) is 14.5 Å². The van der Waals surface area contributed by atoms with E-state index in [-0.39, 0.29) is 5.92 Å². The first kappa shape index (κ1) is 24.4. The number of carbonyl (C=O) groups is 1. The molecule has 5 rings (SSSR count). The molecule has 6 heteroatoms. The van der Waals surface area contributed by atoms with Crippen molar-refractivity contribution in [2.24, 2.45) is 0 Å². The molecule has 0 spiro atoms. The number of imidazole rings is 1. The van der Waals surface area contributed by atoms with Crippen molar-refractivity contribution in [3.63, 3.8) is 0 Å². The van der Waals surface area contributed by atoms with Gasteiger partial charge in [0.25, 0.3) is 0 Å². The fourth-order valence-corrected chi connectivity index (χ4v) is 5.82. The van der Waals surface area contributed by atoms with Crippen LogP contribution in [0, 0.1) is 0 Å². The average Bonchev–Trinajstić information content (AvgIpc) is 3.48. The maximum atomic E-state index is 13.0. The predicted octanol–water partition coefficient (Wildman–Crippen LogP) is 5.89. The molecule has 1 unspecified atom stereocenters. The number of fused-ring (bicyclic) bond motifs is 1. The number of benzene rings is 2. The molecule has 190 valence electrons. The van der Waals surface area contributed by atoms with Gasteiger partial charge in [-0.05, 0) is 55.5 Å². The fraction of sp³-hybridized carbons (Fsp3) is 0.467. The van der Waals surface area contributed by atoms with Gasteiger partial charge in [-0.2, -0.15) is 0 Å². The monoisotopic (exact) mass is 487 g/mol. The summed E-state index contributed by atoms with van der Waals surface area (Å²) in [6, 6.07) is 14.7. The second kappa shape index (κ2) is 11.2. The van der Waals surface area contributed by atoms with Crippen LogP contribution in [0.15, 0.2) is 55.1 Å². The third-order valence-electron chi connectivity index (χ3n) is 7.61. The molecular weight excluding hydrogens is 450 g/mol. The second-order valence-electron chi connectivity index (χ2n) is 10.0. The van der Waals surface area contributed by atoms with Crippen LogP contribution in [0.4, 0.5) is 0 Å². The lowest BCUT2D eigenvalue weighted by Gasteiger charge is -2.31. The maximum absolute atomic E-state index is 13.0. The van der Waals surface area contributed by atoms with Crippen LogP contribution in [0.5, 0.6) is 11.5 Å². The number of methoxy groups -OCH3 is 1. The van der Waals surface area contributed by atoms with E-state index in [4.69, 9.17) is 14.5 Å². The summed E-state index contributed by atoms with van der Waals surface area (Å²) >= 11 is 0. The quantitative estimate of drug-likeness (QED) is 0.264. The zero-order valence-corrected chi connectivity index (χ0v) is 21.3. The molecule has 1 saturated heterocycles. The number of allylic oxidation sites excluding steroid dienone is 1. The van der Waals surface area contributed by atoms with Gasteiger partial charge in [0.1, 0.15) is 5.82 Å². The topological polar surface area (TPSA) is 56.6 Å². The van der Waals surface area contributed by atoms with Crippen LogP contribution >= 0.6 is 0 Å². The Bertz CT molecular complexity index is 1210. The van der Waals surface area contributed by atoms with Gasteiger partial charge in [-0.1, -0.05) is 43.5 Å². The number of ether oxygens (including phenoxy) is 2. The Hall–Kier alpha value is -3.28. The molecular formula is C30H37N3O3. The van der Waals surface area contributed by atoms with Crippen molar-refractivity contribution < 1.29 is 14.3 Å². The van der Waals surface area contributed by atoms with E-state index >= 15 is 0 Å². The van der Waals surface area contributed by atoms with E-state index in [1.807, 2.05) is 24.3 Å². The van der Waals surface area contributed by atoms with Gasteiger partial charge in [-0.3, -0.25) is 4.79 Å². The van der Waals surface area contributed by atoms with Gasteiger partial charge in [-0.25, -0.2) is 4.98 Å². The van der Waals surface area contributed by atoms with Gasteiger partial charge in [0.2, 0.25) is 5.91 Å². The molecule has 2 aromatic carbocycles. The maximum Gasteiger partial charge on any atom is 0.223 e. The SMILES string of the molecule is C=CCc1ccc(OCCCn2c(C3CC(=O)N(C4CCCCC4)C3)nc3ccccc32)c(OC)c1. The van der Waals surface area contributed by atoms with Crippen LogP contribution in [0.25, 0.3) is 11.0 Å². The van der Waals surface area contributed by atoms with Crippen molar-refractivity contribution in [3.8, 4) is 11.5 Å². The molecule has 0 bridgehead atoms. The molecule has 1 aliphatic carbocycles. The van der Waals surface area contributed by atoms with E-state index in [9.17, 15) is 4.79 Å². The van der Waals surface area contributed by atoms with Crippen molar-refractivity contribution in [2.45, 2.75) is 69.9 Å². The Labute approximate surface area is 213 Å². The summed E-state index contributed by atoms with van der Waals surface area (Å²) in [4.78, 5) is 20.1. The van der Waals surface area contributed by atoms with E-state index < -0.39 is 0 Å². The average molecular weight is 488 g/mol. The molecule has 1 amide bonds. The van der Waals surface area contributed by atoms with Gasteiger partial charge in [-0.15, -0.1) is 6.58 Å². The molecule has 0 N–H and O–H groups in total. The predicted molar refractivity (Wildman–Crippen MR) is 143 cm³/mol. The van der Waals surface area contributed by atoms with E-state index in [1.165, 1.54) is 19.3 Å². The van der Waals surface area contributed by atoms with E-state index in [0.717, 1.165) is 72.7 Å². The molecule has 1 aliphatic heterocycles. The largest absolute Gasteiger partial charge is 0.493 e. The fourth-order valence-electron chi connectivity index (χ4n) is 5.82. The Morgan fingerprint density at radius 1 is 1.11 bits per heavy atom. The number of aromatic nitrogens is 2. The normalized spacial score (nSPS) is 18.6. The highest BCUT2D eigenvalue weighted by Crippen LogP contribution is 2.35. The van der Waals surface area contributed by atoms with Crippen LogP contribution in [0.2, 0.25) is 0 Å². The van der Waals surface area contributed by atoms with Gasteiger partial charge < -0.3 is 18.9 Å². The Kier molecular flexibility index (Phi) is 7.59. The van der Waals surface area contributed by atoms with Gasteiger partial charge >= 0.3 is 0 Å². The van der Waals surface area contributed by atoms with Crippen molar-refractivity contribution in [1.29, 1.82) is 0 Å². The molecule has 6 nitrogen and oxygen atoms in total. The highest BCUT2D eigenvalue weighted by atomic mass is 16.5. The number of para-hydroxylation sites is 2. The van der Waals surface area contributed by atoms with E-state index in [0.29, 0.717) is 25.0 Å². The zero-order chi connectivity index (χ0) is 24.9. The number of hydrogen-bond acceptors (Lipinski definition) is 4. The third kappa shape index (κ3) is 5.13. The first-order valence-electron chi connectivity index (χ1n) is 13.3. The van der Waals surface area contributed by atoms with Crippen LogP contribution in [0.3, 0.4) is 0 Å². The molecule has 1 atom stereocenters. The van der Waals surface area contributed by atoms with Crippen molar-refractivity contribution in [2.75, 3.05) is 20.3 Å². The minimum atomic E-state index is 0.144. The highest BCUT2D eigenvalue weighted by molar-refractivity contribution is 5.81. The standard InChI is InChI=1S/C30H37N3O3/c1-3-10-22-15-16-27(28(19-22)35-2)36-18-9-17-32-26-14-8-7-13-25(26)31-30(32)23-20-29(34)33(21-23)24-11-5-4-6-12-24/h3,7-8,13-16,19,23-24H,1,4-6,9-12,17-18,20-21H2,2H3. The summed E-state index contributed by atoms with van der Waals surface area (Å²) in [6.07, 6.45) is 10.1. The minimum Gasteiger partial charge on any atom is -0.493 e. The number of carbonyl (C=O) groups excluding carboxylic acids is 1. The molecule has 1 saturated carbocycles. The van der Waals surface area contributed by atoms with E-state index in [1.54, 1.807) is 7.11 Å². The number of aryl methyl sites for hydroxylation is 1.